The van der Waals surface area contributed by atoms with Gasteiger partial charge in [-0.25, -0.2) is 8.42 Å². The Bertz CT molecular complexity index is 558. The van der Waals surface area contributed by atoms with Crippen molar-refractivity contribution >= 4 is 33.1 Å². The van der Waals surface area contributed by atoms with Gasteiger partial charge in [-0.3, -0.25) is 0 Å². The van der Waals surface area contributed by atoms with Gasteiger partial charge < -0.3 is 5.32 Å². The Morgan fingerprint density at radius 1 is 1.35 bits per heavy atom. The Morgan fingerprint density at radius 3 is 2.50 bits per heavy atom. The average molecular weight is 335 g/mol. The molecule has 2 rings (SSSR count). The van der Waals surface area contributed by atoms with E-state index in [-0.39, 0.29) is 0 Å². The third kappa shape index (κ3) is 3.39. The van der Waals surface area contributed by atoms with Crippen LogP contribution in [0.1, 0.15) is 23.6 Å². The smallest absolute Gasteiger partial charge is 0.244 e. The minimum atomic E-state index is -3.35. The number of hydrogen-bond donors (Lipinski definition) is 1. The SMILES string of the molecule is CNCc1cc(S(=O)(=O)N2CC(C)SC(C)C2)c(C)s1. The number of rotatable bonds is 4. The Labute approximate surface area is 130 Å². The predicted molar refractivity (Wildman–Crippen MR) is 87.1 cm³/mol. The lowest BCUT2D eigenvalue weighted by atomic mass is 10.4. The van der Waals surface area contributed by atoms with Crippen LogP contribution in [0.25, 0.3) is 0 Å². The summed E-state index contributed by atoms with van der Waals surface area (Å²) in [6.07, 6.45) is 0. The Balaban J connectivity index is 2.30. The molecule has 2 heterocycles. The number of thioether (sulfide) groups is 1. The molecule has 0 saturated carbocycles. The maximum atomic E-state index is 12.8. The molecule has 0 spiro atoms. The van der Waals surface area contributed by atoms with E-state index in [1.807, 2.05) is 31.8 Å². The monoisotopic (exact) mass is 334 g/mol. The zero-order valence-corrected chi connectivity index (χ0v) is 14.8. The summed E-state index contributed by atoms with van der Waals surface area (Å²) in [7, 11) is -1.48. The van der Waals surface area contributed by atoms with E-state index in [1.54, 1.807) is 15.6 Å². The summed E-state index contributed by atoms with van der Waals surface area (Å²) in [4.78, 5) is 2.43. The van der Waals surface area contributed by atoms with Gasteiger partial charge in [-0.05, 0) is 20.0 Å². The van der Waals surface area contributed by atoms with Crippen LogP contribution in [0.4, 0.5) is 0 Å². The molecule has 2 atom stereocenters. The van der Waals surface area contributed by atoms with Crippen LogP contribution in [-0.4, -0.2) is 43.4 Å². The van der Waals surface area contributed by atoms with Crippen molar-refractivity contribution in [3.05, 3.63) is 15.8 Å². The zero-order valence-electron chi connectivity index (χ0n) is 12.3. The zero-order chi connectivity index (χ0) is 14.9. The van der Waals surface area contributed by atoms with Crippen molar-refractivity contribution in [2.75, 3.05) is 20.1 Å². The van der Waals surface area contributed by atoms with Crippen molar-refractivity contribution in [3.8, 4) is 0 Å². The van der Waals surface area contributed by atoms with Gasteiger partial charge in [0.05, 0.1) is 4.90 Å². The Kier molecular flexibility index (Phi) is 5.18. The van der Waals surface area contributed by atoms with Gasteiger partial charge in [0.1, 0.15) is 0 Å². The average Bonchev–Trinajstić information content (AvgIpc) is 2.70. The van der Waals surface area contributed by atoms with E-state index in [4.69, 9.17) is 0 Å². The van der Waals surface area contributed by atoms with E-state index in [9.17, 15) is 8.42 Å². The van der Waals surface area contributed by atoms with Gasteiger partial charge in [0, 0.05) is 39.9 Å². The highest BCUT2D eigenvalue weighted by atomic mass is 32.2. The molecule has 1 fully saturated rings. The third-order valence-electron chi connectivity index (χ3n) is 3.28. The first-order chi connectivity index (χ1) is 9.34. The molecule has 0 aromatic carbocycles. The molecule has 1 aromatic heterocycles. The van der Waals surface area contributed by atoms with Gasteiger partial charge in [0.25, 0.3) is 0 Å². The lowest BCUT2D eigenvalue weighted by Gasteiger charge is -2.33. The lowest BCUT2D eigenvalue weighted by molar-refractivity contribution is 0.404. The molecule has 0 amide bonds. The first-order valence-corrected chi connectivity index (χ1v) is 9.94. The van der Waals surface area contributed by atoms with Crippen LogP contribution in [0.2, 0.25) is 0 Å². The van der Waals surface area contributed by atoms with E-state index in [1.165, 1.54) is 0 Å². The normalized spacial score (nSPS) is 25.0. The number of thiophene rings is 1. The molecule has 20 heavy (non-hydrogen) atoms. The first-order valence-electron chi connectivity index (χ1n) is 6.74. The fourth-order valence-electron chi connectivity index (χ4n) is 2.51. The fourth-order valence-corrected chi connectivity index (χ4v) is 7.26. The van der Waals surface area contributed by atoms with E-state index < -0.39 is 10.0 Å². The highest BCUT2D eigenvalue weighted by molar-refractivity contribution is 8.00. The summed E-state index contributed by atoms with van der Waals surface area (Å²) in [6.45, 7) is 8.00. The Morgan fingerprint density at radius 2 is 1.95 bits per heavy atom. The lowest BCUT2D eigenvalue weighted by Crippen LogP contribution is -2.43. The second-order valence-electron chi connectivity index (χ2n) is 5.24. The summed E-state index contributed by atoms with van der Waals surface area (Å²) >= 11 is 3.42. The molecule has 0 bridgehead atoms. The molecule has 4 nitrogen and oxygen atoms in total. The summed E-state index contributed by atoms with van der Waals surface area (Å²) in [5, 5.41) is 3.77. The molecule has 1 aliphatic rings. The van der Waals surface area contributed by atoms with Crippen molar-refractivity contribution in [3.63, 3.8) is 0 Å². The van der Waals surface area contributed by atoms with Gasteiger partial charge in [-0.2, -0.15) is 16.1 Å². The topological polar surface area (TPSA) is 49.4 Å². The van der Waals surface area contributed by atoms with E-state index in [0.29, 0.717) is 35.0 Å². The Hall–Kier alpha value is -0.0800. The van der Waals surface area contributed by atoms with Crippen LogP contribution in [0.3, 0.4) is 0 Å². The molecule has 0 aliphatic carbocycles. The number of aryl methyl sites for hydroxylation is 1. The minimum Gasteiger partial charge on any atom is -0.315 e. The fraction of sp³-hybridized carbons (Fsp3) is 0.692. The van der Waals surface area contributed by atoms with Crippen LogP contribution in [-0.2, 0) is 16.6 Å². The maximum absolute atomic E-state index is 12.8. The molecule has 1 N–H and O–H groups in total. The van der Waals surface area contributed by atoms with Crippen molar-refractivity contribution in [2.24, 2.45) is 0 Å². The van der Waals surface area contributed by atoms with E-state index >= 15 is 0 Å². The molecular weight excluding hydrogens is 312 g/mol. The van der Waals surface area contributed by atoms with Gasteiger partial charge in [-0.1, -0.05) is 13.8 Å². The maximum Gasteiger partial charge on any atom is 0.244 e. The molecule has 1 aromatic rings. The molecule has 1 aliphatic heterocycles. The largest absolute Gasteiger partial charge is 0.315 e. The molecule has 0 radical (unpaired) electrons. The highest BCUT2D eigenvalue weighted by Crippen LogP contribution is 2.32. The van der Waals surface area contributed by atoms with Gasteiger partial charge >= 0.3 is 0 Å². The summed E-state index contributed by atoms with van der Waals surface area (Å²) in [5.74, 6) is 0. The van der Waals surface area contributed by atoms with E-state index in [2.05, 4.69) is 19.2 Å². The quantitative estimate of drug-likeness (QED) is 0.918. The van der Waals surface area contributed by atoms with Crippen molar-refractivity contribution in [2.45, 2.75) is 42.7 Å². The molecule has 2 unspecified atom stereocenters. The van der Waals surface area contributed by atoms with Crippen LogP contribution >= 0.6 is 23.1 Å². The number of hydrogen-bond acceptors (Lipinski definition) is 5. The predicted octanol–water partition coefficient (Wildman–Crippen LogP) is 2.29. The van der Waals surface area contributed by atoms with Gasteiger partial charge in [0.2, 0.25) is 10.0 Å². The molecular formula is C13H22N2O2S3. The van der Waals surface area contributed by atoms with Crippen molar-refractivity contribution < 1.29 is 8.42 Å². The van der Waals surface area contributed by atoms with Gasteiger partial charge in [-0.15, -0.1) is 11.3 Å². The second-order valence-corrected chi connectivity index (χ2v) is 10.4. The second kappa shape index (κ2) is 6.36. The molecule has 7 heteroatoms. The number of sulfonamides is 1. The van der Waals surface area contributed by atoms with Crippen molar-refractivity contribution in [1.82, 2.24) is 9.62 Å². The minimum absolute atomic E-state index is 0.351. The molecule has 114 valence electrons. The summed E-state index contributed by atoms with van der Waals surface area (Å²) < 4.78 is 27.3. The van der Waals surface area contributed by atoms with Crippen LogP contribution < -0.4 is 5.32 Å². The number of nitrogens with one attached hydrogen (secondary N) is 1. The van der Waals surface area contributed by atoms with Crippen LogP contribution in [0.5, 0.6) is 0 Å². The summed E-state index contributed by atoms with van der Waals surface area (Å²) in [5.41, 5.74) is 0. The first kappa shape index (κ1) is 16.3. The summed E-state index contributed by atoms with van der Waals surface area (Å²) in [6, 6.07) is 1.82. The third-order valence-corrected chi connectivity index (χ3v) is 7.64. The standard InChI is InChI=1S/C13H22N2O2S3/c1-9-7-15(8-10(2)18-9)20(16,17)13-5-12(6-14-4)19-11(13)3/h5,9-10,14H,6-8H2,1-4H3. The van der Waals surface area contributed by atoms with E-state index in [0.717, 1.165) is 9.75 Å². The van der Waals surface area contributed by atoms with Crippen LogP contribution in [0.15, 0.2) is 11.0 Å². The number of nitrogens with zero attached hydrogens (tertiary/aromatic N) is 1. The van der Waals surface area contributed by atoms with Crippen molar-refractivity contribution in [1.29, 1.82) is 0 Å². The highest BCUT2D eigenvalue weighted by Gasteiger charge is 2.33. The van der Waals surface area contributed by atoms with Gasteiger partial charge in [0.15, 0.2) is 0 Å². The molecule has 1 saturated heterocycles. The van der Waals surface area contributed by atoms with Crippen LogP contribution in [0, 0.1) is 6.92 Å².